The van der Waals surface area contributed by atoms with Crippen molar-refractivity contribution in [3.63, 3.8) is 0 Å². The van der Waals surface area contributed by atoms with Gasteiger partial charge in [0.15, 0.2) is 5.15 Å². The molecule has 0 bridgehead atoms. The topological polar surface area (TPSA) is 24.9 Å². The molecule has 18 heavy (non-hydrogen) atoms. The zero-order chi connectivity index (χ0) is 13.1. The fourth-order valence-corrected chi connectivity index (χ4v) is 3.35. The maximum Gasteiger partial charge on any atom is 0.154 e. The van der Waals surface area contributed by atoms with Crippen molar-refractivity contribution in [2.75, 3.05) is 5.32 Å². The van der Waals surface area contributed by atoms with Crippen LogP contribution in [-0.2, 0) is 0 Å². The highest BCUT2D eigenvalue weighted by atomic mass is 35.5. The van der Waals surface area contributed by atoms with Gasteiger partial charge in [-0.1, -0.05) is 49.4 Å². The van der Waals surface area contributed by atoms with E-state index in [1.54, 1.807) is 0 Å². The van der Waals surface area contributed by atoms with E-state index in [4.69, 9.17) is 23.2 Å². The highest BCUT2D eigenvalue weighted by Crippen LogP contribution is 2.32. The molecule has 0 saturated heterocycles. The second-order valence-electron chi connectivity index (χ2n) is 5.21. The largest absolute Gasteiger partial charge is 0.380 e. The molecule has 2 unspecified atom stereocenters. The fraction of sp³-hybridized carbons (Fsp3) is 0.643. The molecule has 2 nitrogen and oxygen atoms in total. The lowest BCUT2D eigenvalue weighted by molar-refractivity contribution is 0.327. The molecule has 4 heteroatoms. The first kappa shape index (κ1) is 14.0. The van der Waals surface area contributed by atoms with Gasteiger partial charge in [-0.3, -0.25) is 0 Å². The van der Waals surface area contributed by atoms with Gasteiger partial charge in [0.2, 0.25) is 0 Å². The molecule has 1 saturated carbocycles. The van der Waals surface area contributed by atoms with Gasteiger partial charge in [0.25, 0.3) is 0 Å². The van der Waals surface area contributed by atoms with E-state index in [2.05, 4.69) is 17.2 Å². The average molecular weight is 287 g/mol. The average Bonchev–Trinajstić information content (AvgIpc) is 2.34. The quantitative estimate of drug-likeness (QED) is 0.784. The lowest BCUT2D eigenvalue weighted by Gasteiger charge is -2.30. The van der Waals surface area contributed by atoms with Gasteiger partial charge < -0.3 is 5.32 Å². The second-order valence-corrected chi connectivity index (χ2v) is 5.96. The summed E-state index contributed by atoms with van der Waals surface area (Å²) in [6.45, 7) is 4.29. The van der Waals surface area contributed by atoms with Crippen LogP contribution in [0.25, 0.3) is 0 Å². The number of nitrogens with one attached hydrogen (secondary N) is 1. The van der Waals surface area contributed by atoms with Crippen molar-refractivity contribution in [3.05, 3.63) is 21.9 Å². The van der Waals surface area contributed by atoms with Crippen molar-refractivity contribution in [2.45, 2.75) is 52.0 Å². The summed E-state index contributed by atoms with van der Waals surface area (Å²) in [7, 11) is 0. The van der Waals surface area contributed by atoms with Crippen molar-refractivity contribution in [3.8, 4) is 0 Å². The van der Waals surface area contributed by atoms with Gasteiger partial charge in [-0.15, -0.1) is 0 Å². The molecule has 100 valence electrons. The van der Waals surface area contributed by atoms with Crippen LogP contribution in [0.3, 0.4) is 0 Å². The Morgan fingerprint density at radius 1 is 1.39 bits per heavy atom. The van der Waals surface area contributed by atoms with Crippen molar-refractivity contribution in [2.24, 2.45) is 5.92 Å². The van der Waals surface area contributed by atoms with E-state index in [1.807, 2.05) is 13.0 Å². The standard InChI is InChI=1S/C14H20Cl2N2/c1-3-10-5-4-6-11(8-10)17-13-9(2)7-12(15)18-14(13)16/h7,10-11,17H,3-6,8H2,1-2H3. The fourth-order valence-electron chi connectivity index (χ4n) is 2.77. The number of hydrogen-bond acceptors (Lipinski definition) is 2. The number of aryl methyl sites for hydroxylation is 1. The first-order valence-corrected chi connectivity index (χ1v) is 7.45. The zero-order valence-corrected chi connectivity index (χ0v) is 12.5. The Kier molecular flexibility index (Phi) is 4.74. The van der Waals surface area contributed by atoms with Crippen LogP contribution in [0.4, 0.5) is 5.69 Å². The van der Waals surface area contributed by atoms with E-state index in [0.717, 1.165) is 17.2 Å². The Hall–Kier alpha value is -0.470. The molecule has 2 rings (SSSR count). The summed E-state index contributed by atoms with van der Waals surface area (Å²) in [6, 6.07) is 2.37. The number of nitrogens with zero attached hydrogens (tertiary/aromatic N) is 1. The van der Waals surface area contributed by atoms with Crippen molar-refractivity contribution in [1.82, 2.24) is 4.98 Å². The number of pyridine rings is 1. The van der Waals surface area contributed by atoms with Crippen LogP contribution >= 0.6 is 23.2 Å². The van der Waals surface area contributed by atoms with Crippen LogP contribution in [0, 0.1) is 12.8 Å². The van der Waals surface area contributed by atoms with Crippen LogP contribution in [0.2, 0.25) is 10.3 Å². The molecule has 0 aromatic carbocycles. The number of anilines is 1. The van der Waals surface area contributed by atoms with E-state index < -0.39 is 0 Å². The molecule has 1 heterocycles. The molecule has 0 amide bonds. The van der Waals surface area contributed by atoms with E-state index in [-0.39, 0.29) is 0 Å². The number of rotatable bonds is 3. The van der Waals surface area contributed by atoms with Crippen LogP contribution in [0.15, 0.2) is 6.07 Å². The van der Waals surface area contributed by atoms with Gasteiger partial charge in [0, 0.05) is 6.04 Å². The van der Waals surface area contributed by atoms with Gasteiger partial charge >= 0.3 is 0 Å². The molecular formula is C14H20Cl2N2. The van der Waals surface area contributed by atoms with Crippen LogP contribution in [0.5, 0.6) is 0 Å². The van der Waals surface area contributed by atoms with Gasteiger partial charge in [-0.25, -0.2) is 4.98 Å². The highest BCUT2D eigenvalue weighted by Gasteiger charge is 2.22. The van der Waals surface area contributed by atoms with Gasteiger partial charge in [-0.05, 0) is 37.3 Å². The van der Waals surface area contributed by atoms with Crippen LogP contribution < -0.4 is 5.32 Å². The predicted octanol–water partition coefficient (Wildman–Crippen LogP) is 5.08. The third kappa shape index (κ3) is 3.30. The molecule has 0 spiro atoms. The molecule has 0 aliphatic heterocycles. The van der Waals surface area contributed by atoms with Crippen molar-refractivity contribution in [1.29, 1.82) is 0 Å². The second kappa shape index (κ2) is 6.12. The van der Waals surface area contributed by atoms with Crippen molar-refractivity contribution < 1.29 is 0 Å². The molecule has 1 aromatic rings. The first-order valence-electron chi connectivity index (χ1n) is 6.69. The number of aromatic nitrogens is 1. The third-order valence-corrected chi connectivity index (χ3v) is 4.32. The van der Waals surface area contributed by atoms with E-state index in [9.17, 15) is 0 Å². The van der Waals surface area contributed by atoms with Crippen LogP contribution in [0.1, 0.15) is 44.6 Å². The Morgan fingerprint density at radius 2 is 2.17 bits per heavy atom. The summed E-state index contributed by atoms with van der Waals surface area (Å²) >= 11 is 12.1. The summed E-state index contributed by atoms with van der Waals surface area (Å²) in [5.74, 6) is 0.843. The molecule has 0 radical (unpaired) electrons. The minimum atomic E-state index is 0.457. The Bertz CT molecular complexity index is 397. The summed E-state index contributed by atoms with van der Waals surface area (Å²) in [6.07, 6.45) is 6.38. The molecule has 2 atom stereocenters. The maximum absolute atomic E-state index is 6.17. The summed E-state index contributed by atoms with van der Waals surface area (Å²) in [4.78, 5) is 4.11. The summed E-state index contributed by atoms with van der Waals surface area (Å²) in [5.41, 5.74) is 2.02. The third-order valence-electron chi connectivity index (χ3n) is 3.85. The monoisotopic (exact) mass is 286 g/mol. The highest BCUT2D eigenvalue weighted by molar-refractivity contribution is 6.34. The van der Waals surface area contributed by atoms with Gasteiger partial charge in [0.05, 0.1) is 5.69 Å². The van der Waals surface area contributed by atoms with E-state index in [1.165, 1.54) is 32.1 Å². The Morgan fingerprint density at radius 3 is 2.83 bits per heavy atom. The molecule has 1 aromatic heterocycles. The maximum atomic E-state index is 6.17. The van der Waals surface area contributed by atoms with Gasteiger partial charge in [-0.2, -0.15) is 0 Å². The van der Waals surface area contributed by atoms with E-state index in [0.29, 0.717) is 16.3 Å². The van der Waals surface area contributed by atoms with Crippen molar-refractivity contribution >= 4 is 28.9 Å². The lowest BCUT2D eigenvalue weighted by atomic mass is 9.84. The molecular weight excluding hydrogens is 267 g/mol. The summed E-state index contributed by atoms with van der Waals surface area (Å²) < 4.78 is 0. The number of hydrogen-bond donors (Lipinski definition) is 1. The zero-order valence-electron chi connectivity index (χ0n) is 11.0. The smallest absolute Gasteiger partial charge is 0.154 e. The molecule has 1 N–H and O–H groups in total. The SMILES string of the molecule is CCC1CCCC(Nc2c(C)cc(Cl)nc2Cl)C1. The minimum Gasteiger partial charge on any atom is -0.380 e. The molecule has 1 aliphatic carbocycles. The van der Waals surface area contributed by atoms with Gasteiger partial charge in [0.1, 0.15) is 5.15 Å². The summed E-state index contributed by atoms with van der Waals surface area (Å²) in [5, 5.41) is 4.50. The molecule has 1 aliphatic rings. The Labute approximate surface area is 119 Å². The first-order chi connectivity index (χ1) is 8.60. The minimum absolute atomic E-state index is 0.457. The molecule has 1 fully saturated rings. The predicted molar refractivity (Wildman–Crippen MR) is 78.7 cm³/mol. The lowest BCUT2D eigenvalue weighted by Crippen LogP contribution is -2.27. The van der Waals surface area contributed by atoms with Crippen LogP contribution in [-0.4, -0.2) is 11.0 Å². The normalized spacial score (nSPS) is 24.0. The Balaban J connectivity index is 2.09. The van der Waals surface area contributed by atoms with E-state index >= 15 is 0 Å². The number of halogens is 2.